The summed E-state index contributed by atoms with van der Waals surface area (Å²) in [5.74, 6) is 0.488. The molecule has 0 atom stereocenters. The maximum Gasteiger partial charge on any atom is 0.123 e. The van der Waals surface area contributed by atoms with Crippen LogP contribution in [0, 0.1) is 11.7 Å². The Morgan fingerprint density at radius 3 is 2.59 bits per heavy atom. The molecule has 3 rings (SSSR count). The van der Waals surface area contributed by atoms with Crippen molar-refractivity contribution in [2.24, 2.45) is 5.92 Å². The molecule has 92 valence electrons. The molecule has 0 spiro atoms. The quantitative estimate of drug-likeness (QED) is 0.847. The van der Waals surface area contributed by atoms with Crippen molar-refractivity contribution >= 4 is 0 Å². The van der Waals surface area contributed by atoms with Gasteiger partial charge in [0.2, 0.25) is 0 Å². The van der Waals surface area contributed by atoms with Gasteiger partial charge in [0.05, 0.1) is 13.2 Å². The normalized spacial score (nSPS) is 24.3. The molecule has 2 saturated heterocycles. The molecule has 0 unspecified atom stereocenters. The summed E-state index contributed by atoms with van der Waals surface area (Å²) in [5, 5.41) is 3.38. The molecular weight excluding hydrogens is 217 g/mol. The van der Waals surface area contributed by atoms with Crippen LogP contribution in [-0.2, 0) is 10.2 Å². The SMILES string of the molecule is Fc1cccc(C2(C3CCNCC3)COC2)c1. The van der Waals surface area contributed by atoms with E-state index in [1.54, 1.807) is 6.07 Å². The fourth-order valence-electron chi connectivity index (χ4n) is 3.13. The van der Waals surface area contributed by atoms with Gasteiger partial charge in [-0.15, -0.1) is 0 Å². The van der Waals surface area contributed by atoms with E-state index in [4.69, 9.17) is 4.74 Å². The molecule has 1 N–H and O–H groups in total. The minimum Gasteiger partial charge on any atom is -0.379 e. The summed E-state index contributed by atoms with van der Waals surface area (Å²) in [6, 6.07) is 7.06. The van der Waals surface area contributed by atoms with Gasteiger partial charge in [-0.25, -0.2) is 4.39 Å². The minimum absolute atomic E-state index is 0.0736. The first-order valence-corrected chi connectivity index (χ1v) is 6.36. The van der Waals surface area contributed by atoms with Crippen LogP contribution in [0.5, 0.6) is 0 Å². The maximum atomic E-state index is 13.4. The summed E-state index contributed by atoms with van der Waals surface area (Å²) in [7, 11) is 0. The molecule has 1 aromatic rings. The largest absolute Gasteiger partial charge is 0.379 e. The Hall–Kier alpha value is -0.930. The zero-order valence-electron chi connectivity index (χ0n) is 9.92. The van der Waals surface area contributed by atoms with Crippen LogP contribution in [0.2, 0.25) is 0 Å². The molecule has 2 aliphatic heterocycles. The van der Waals surface area contributed by atoms with Gasteiger partial charge in [0.15, 0.2) is 0 Å². The highest BCUT2D eigenvalue weighted by Crippen LogP contribution is 2.43. The summed E-state index contributed by atoms with van der Waals surface area (Å²) in [6.45, 7) is 3.64. The topological polar surface area (TPSA) is 21.3 Å². The van der Waals surface area contributed by atoms with Crippen LogP contribution in [0.3, 0.4) is 0 Å². The van der Waals surface area contributed by atoms with Crippen molar-refractivity contribution in [2.75, 3.05) is 26.3 Å². The molecule has 2 aliphatic rings. The van der Waals surface area contributed by atoms with Gasteiger partial charge in [-0.3, -0.25) is 0 Å². The van der Waals surface area contributed by atoms with Crippen molar-refractivity contribution in [3.8, 4) is 0 Å². The van der Waals surface area contributed by atoms with Crippen LogP contribution in [-0.4, -0.2) is 26.3 Å². The predicted octanol–water partition coefficient (Wildman–Crippen LogP) is 2.09. The lowest BCUT2D eigenvalue weighted by Crippen LogP contribution is -2.54. The average Bonchev–Trinajstić information content (AvgIpc) is 2.29. The number of hydrogen-bond donors (Lipinski definition) is 1. The van der Waals surface area contributed by atoms with Crippen molar-refractivity contribution in [1.29, 1.82) is 0 Å². The van der Waals surface area contributed by atoms with Crippen molar-refractivity contribution in [2.45, 2.75) is 18.3 Å². The van der Waals surface area contributed by atoms with Crippen molar-refractivity contribution in [1.82, 2.24) is 5.32 Å². The number of benzene rings is 1. The first-order chi connectivity index (χ1) is 8.31. The fraction of sp³-hybridized carbons (Fsp3) is 0.571. The second-order valence-corrected chi connectivity index (χ2v) is 5.18. The molecule has 0 aromatic heterocycles. The zero-order chi connectivity index (χ0) is 11.7. The molecule has 0 aliphatic carbocycles. The molecule has 0 saturated carbocycles. The number of rotatable bonds is 2. The van der Waals surface area contributed by atoms with Gasteiger partial charge in [-0.05, 0) is 49.5 Å². The number of piperidine rings is 1. The van der Waals surface area contributed by atoms with Crippen LogP contribution in [0.15, 0.2) is 24.3 Å². The third kappa shape index (κ3) is 1.87. The van der Waals surface area contributed by atoms with E-state index in [0.717, 1.165) is 31.9 Å². The van der Waals surface area contributed by atoms with Gasteiger partial charge in [-0.2, -0.15) is 0 Å². The van der Waals surface area contributed by atoms with Crippen LogP contribution >= 0.6 is 0 Å². The predicted molar refractivity (Wildman–Crippen MR) is 64.5 cm³/mol. The zero-order valence-corrected chi connectivity index (χ0v) is 9.92. The monoisotopic (exact) mass is 235 g/mol. The molecular formula is C14H18FNO. The van der Waals surface area contributed by atoms with Gasteiger partial charge < -0.3 is 10.1 Å². The van der Waals surface area contributed by atoms with Gasteiger partial charge in [0, 0.05) is 5.41 Å². The van der Waals surface area contributed by atoms with Crippen molar-refractivity contribution in [3.63, 3.8) is 0 Å². The summed E-state index contributed by atoms with van der Waals surface area (Å²) < 4.78 is 18.8. The first-order valence-electron chi connectivity index (χ1n) is 6.36. The molecule has 2 nitrogen and oxygen atoms in total. The number of nitrogens with one attached hydrogen (secondary N) is 1. The molecule has 0 radical (unpaired) electrons. The standard InChI is InChI=1S/C14H18FNO/c15-13-3-1-2-12(8-13)14(9-17-10-14)11-4-6-16-7-5-11/h1-3,8,11,16H,4-7,9-10H2. The summed E-state index contributed by atoms with van der Waals surface area (Å²) in [6.07, 6.45) is 2.33. The van der Waals surface area contributed by atoms with E-state index in [1.165, 1.54) is 18.9 Å². The van der Waals surface area contributed by atoms with E-state index >= 15 is 0 Å². The van der Waals surface area contributed by atoms with Gasteiger partial charge in [-0.1, -0.05) is 12.1 Å². The number of ether oxygens (including phenoxy) is 1. The van der Waals surface area contributed by atoms with Crippen LogP contribution < -0.4 is 5.32 Å². The Morgan fingerprint density at radius 1 is 1.24 bits per heavy atom. The molecule has 1 aromatic carbocycles. The van der Waals surface area contributed by atoms with E-state index in [1.807, 2.05) is 12.1 Å². The molecule has 2 fully saturated rings. The van der Waals surface area contributed by atoms with E-state index in [-0.39, 0.29) is 11.2 Å². The Morgan fingerprint density at radius 2 is 2.00 bits per heavy atom. The number of halogens is 1. The lowest BCUT2D eigenvalue weighted by Gasteiger charge is -2.49. The average molecular weight is 235 g/mol. The van der Waals surface area contributed by atoms with Gasteiger partial charge in [0.1, 0.15) is 5.82 Å². The number of hydrogen-bond acceptors (Lipinski definition) is 2. The Labute approximate surface area is 101 Å². The van der Waals surface area contributed by atoms with E-state index in [0.29, 0.717) is 5.92 Å². The fourth-order valence-corrected chi connectivity index (χ4v) is 3.13. The van der Waals surface area contributed by atoms with E-state index in [2.05, 4.69) is 5.32 Å². The highest BCUT2D eigenvalue weighted by molar-refractivity contribution is 5.30. The third-order valence-electron chi connectivity index (χ3n) is 4.24. The molecule has 3 heteroatoms. The Kier molecular flexibility index (Phi) is 2.89. The molecule has 17 heavy (non-hydrogen) atoms. The minimum atomic E-state index is -0.136. The van der Waals surface area contributed by atoms with E-state index in [9.17, 15) is 4.39 Å². The Bertz CT molecular complexity index is 397. The second kappa shape index (κ2) is 4.39. The van der Waals surface area contributed by atoms with Crippen LogP contribution in [0.4, 0.5) is 4.39 Å². The molecule has 0 bridgehead atoms. The molecule has 0 amide bonds. The summed E-state index contributed by atoms with van der Waals surface area (Å²) in [5.41, 5.74) is 1.19. The van der Waals surface area contributed by atoms with Crippen LogP contribution in [0.25, 0.3) is 0 Å². The second-order valence-electron chi connectivity index (χ2n) is 5.18. The lowest BCUT2D eigenvalue weighted by atomic mass is 9.65. The summed E-state index contributed by atoms with van der Waals surface area (Å²) >= 11 is 0. The van der Waals surface area contributed by atoms with Crippen molar-refractivity contribution in [3.05, 3.63) is 35.6 Å². The highest BCUT2D eigenvalue weighted by atomic mass is 19.1. The summed E-state index contributed by atoms with van der Waals surface area (Å²) in [4.78, 5) is 0. The van der Waals surface area contributed by atoms with Gasteiger partial charge in [0.25, 0.3) is 0 Å². The van der Waals surface area contributed by atoms with Crippen LogP contribution in [0.1, 0.15) is 18.4 Å². The molecule has 2 heterocycles. The van der Waals surface area contributed by atoms with E-state index < -0.39 is 0 Å². The smallest absolute Gasteiger partial charge is 0.123 e. The highest BCUT2D eigenvalue weighted by Gasteiger charge is 2.47. The van der Waals surface area contributed by atoms with Crippen molar-refractivity contribution < 1.29 is 9.13 Å². The van der Waals surface area contributed by atoms with Gasteiger partial charge >= 0.3 is 0 Å². The Balaban J connectivity index is 1.90. The maximum absolute atomic E-state index is 13.4. The first kappa shape index (κ1) is 11.2. The third-order valence-corrected chi connectivity index (χ3v) is 4.24. The lowest BCUT2D eigenvalue weighted by molar-refractivity contribution is -0.0964.